The Labute approximate surface area is 222 Å². The smallest absolute Gasteiger partial charge is 0.252 e. The minimum absolute atomic E-state index is 0.0778. The third kappa shape index (κ3) is 5.63. The van der Waals surface area contributed by atoms with Gasteiger partial charge in [-0.1, -0.05) is 49.7 Å². The largest absolute Gasteiger partial charge is 0.496 e. The van der Waals surface area contributed by atoms with Gasteiger partial charge in [0.15, 0.2) is 5.82 Å². The number of rotatable bonds is 11. The molecule has 0 unspecified atom stereocenters. The average Bonchev–Trinajstić information content (AvgIpc) is 3.61. The molecule has 0 spiro atoms. The Morgan fingerprint density at radius 3 is 2.82 bits per heavy atom. The number of nitrogens with zero attached hydrogens (tertiary/aromatic N) is 5. The SMILES string of the molecule is CCC[C@@H](c1nnnn1C[C@@H]1CCCO1)N(Cc1ccccc1OC)Cc1cc2cccc(C)c2[nH]c1=O. The van der Waals surface area contributed by atoms with Crippen LogP contribution in [0.25, 0.3) is 10.9 Å². The molecule has 9 heteroatoms. The quantitative estimate of drug-likeness (QED) is 0.312. The Morgan fingerprint density at radius 1 is 1.18 bits per heavy atom. The molecule has 0 bridgehead atoms. The van der Waals surface area contributed by atoms with Gasteiger partial charge in [-0.15, -0.1) is 5.10 Å². The molecule has 2 atom stereocenters. The van der Waals surface area contributed by atoms with Gasteiger partial charge < -0.3 is 14.5 Å². The minimum Gasteiger partial charge on any atom is -0.496 e. The molecule has 0 saturated carbocycles. The number of tetrazole rings is 1. The van der Waals surface area contributed by atoms with Gasteiger partial charge in [0.25, 0.3) is 5.56 Å². The summed E-state index contributed by atoms with van der Waals surface area (Å²) in [6, 6.07) is 16.0. The van der Waals surface area contributed by atoms with Crippen molar-refractivity contribution in [2.75, 3.05) is 13.7 Å². The maximum atomic E-state index is 13.3. The summed E-state index contributed by atoms with van der Waals surface area (Å²) in [5, 5.41) is 13.9. The Kier molecular flexibility index (Phi) is 8.14. The molecule has 38 heavy (non-hydrogen) atoms. The van der Waals surface area contributed by atoms with Crippen LogP contribution in [0.3, 0.4) is 0 Å². The number of hydrogen-bond donors (Lipinski definition) is 1. The van der Waals surface area contributed by atoms with Crippen LogP contribution in [0.4, 0.5) is 0 Å². The molecule has 1 fully saturated rings. The molecule has 0 aliphatic carbocycles. The Morgan fingerprint density at radius 2 is 2.03 bits per heavy atom. The molecular formula is C29H36N6O3. The second-order valence-corrected chi connectivity index (χ2v) is 10.0. The van der Waals surface area contributed by atoms with E-state index >= 15 is 0 Å². The van der Waals surface area contributed by atoms with Gasteiger partial charge in [0.2, 0.25) is 0 Å². The highest BCUT2D eigenvalue weighted by atomic mass is 16.5. The number of aryl methyl sites for hydroxylation is 1. The fraction of sp³-hybridized carbons (Fsp3) is 0.448. The molecule has 9 nitrogen and oxygen atoms in total. The number of nitrogens with one attached hydrogen (secondary N) is 1. The van der Waals surface area contributed by atoms with E-state index in [0.29, 0.717) is 25.2 Å². The number of methoxy groups -OCH3 is 1. The van der Waals surface area contributed by atoms with Crippen LogP contribution in [0.5, 0.6) is 5.75 Å². The van der Waals surface area contributed by atoms with Gasteiger partial charge in [-0.05, 0) is 59.7 Å². The topological polar surface area (TPSA) is 98.2 Å². The van der Waals surface area contributed by atoms with Crippen molar-refractivity contribution in [1.29, 1.82) is 0 Å². The van der Waals surface area contributed by atoms with E-state index in [1.54, 1.807) is 7.11 Å². The van der Waals surface area contributed by atoms with Gasteiger partial charge in [0, 0.05) is 30.8 Å². The zero-order valence-electron chi connectivity index (χ0n) is 22.4. The molecule has 2 aromatic heterocycles. The van der Waals surface area contributed by atoms with E-state index in [1.807, 2.05) is 54.1 Å². The zero-order valence-corrected chi connectivity index (χ0v) is 22.4. The highest BCUT2D eigenvalue weighted by Gasteiger charge is 2.29. The summed E-state index contributed by atoms with van der Waals surface area (Å²) in [6.07, 6.45) is 3.96. The van der Waals surface area contributed by atoms with E-state index in [9.17, 15) is 4.79 Å². The lowest BCUT2D eigenvalue weighted by Crippen LogP contribution is -2.33. The maximum absolute atomic E-state index is 13.3. The zero-order chi connectivity index (χ0) is 26.5. The predicted octanol–water partition coefficient (Wildman–Crippen LogP) is 4.55. The number of benzene rings is 2. The molecule has 3 heterocycles. The van der Waals surface area contributed by atoms with Crippen molar-refractivity contribution in [3.8, 4) is 5.75 Å². The molecule has 0 amide bonds. The van der Waals surface area contributed by atoms with Crippen LogP contribution in [0, 0.1) is 6.92 Å². The molecule has 1 aliphatic heterocycles. The van der Waals surface area contributed by atoms with Crippen LogP contribution >= 0.6 is 0 Å². The monoisotopic (exact) mass is 516 g/mol. The first-order valence-electron chi connectivity index (χ1n) is 13.4. The summed E-state index contributed by atoms with van der Waals surface area (Å²) in [4.78, 5) is 18.7. The highest BCUT2D eigenvalue weighted by molar-refractivity contribution is 5.81. The van der Waals surface area contributed by atoms with E-state index < -0.39 is 0 Å². The average molecular weight is 517 g/mol. The lowest BCUT2D eigenvalue weighted by atomic mass is 10.0. The molecule has 5 rings (SSSR count). The molecule has 1 aliphatic rings. The van der Waals surface area contributed by atoms with E-state index in [0.717, 1.165) is 65.9 Å². The fourth-order valence-corrected chi connectivity index (χ4v) is 5.40. The van der Waals surface area contributed by atoms with Crippen LogP contribution in [-0.2, 0) is 24.4 Å². The first-order chi connectivity index (χ1) is 18.6. The third-order valence-electron chi connectivity index (χ3n) is 7.37. The Bertz CT molecular complexity index is 1430. The summed E-state index contributed by atoms with van der Waals surface area (Å²) >= 11 is 0. The number of aromatic nitrogens is 5. The molecule has 4 aromatic rings. The standard InChI is InChI=1S/C29H36N6O3/c1-4-9-25(28-31-32-33-35(28)19-24-13-8-15-38-24)34(17-22-11-5-6-14-26(22)37-3)18-23-16-21-12-7-10-20(2)27(21)30-29(23)36/h5-7,10-12,14,16,24-25H,4,8-9,13,15,17-19H2,1-3H3,(H,30,36)/t24-,25-/m0/s1. The van der Waals surface area contributed by atoms with Crippen molar-refractivity contribution in [3.63, 3.8) is 0 Å². The summed E-state index contributed by atoms with van der Waals surface area (Å²) in [6.45, 7) is 6.60. The normalized spacial score (nSPS) is 16.4. The van der Waals surface area contributed by atoms with Crippen molar-refractivity contribution in [2.45, 2.75) is 71.3 Å². The summed E-state index contributed by atoms with van der Waals surface area (Å²) in [5.41, 5.74) is 3.60. The number of pyridine rings is 1. The number of para-hydroxylation sites is 2. The van der Waals surface area contributed by atoms with Crippen molar-refractivity contribution in [3.05, 3.63) is 81.4 Å². The van der Waals surface area contributed by atoms with Gasteiger partial charge in [-0.2, -0.15) is 0 Å². The van der Waals surface area contributed by atoms with Gasteiger partial charge in [-0.3, -0.25) is 9.69 Å². The summed E-state index contributed by atoms with van der Waals surface area (Å²) in [5.74, 6) is 1.61. The Balaban J connectivity index is 1.54. The number of aromatic amines is 1. The Hall–Kier alpha value is -3.56. The van der Waals surface area contributed by atoms with Gasteiger partial charge >= 0.3 is 0 Å². The maximum Gasteiger partial charge on any atom is 0.252 e. The molecule has 1 N–H and O–H groups in total. The first kappa shape index (κ1) is 26.1. The van der Waals surface area contributed by atoms with E-state index in [-0.39, 0.29) is 17.7 Å². The first-order valence-corrected chi connectivity index (χ1v) is 13.4. The van der Waals surface area contributed by atoms with Gasteiger partial charge in [-0.25, -0.2) is 4.68 Å². The van der Waals surface area contributed by atoms with Gasteiger partial charge in [0.05, 0.1) is 31.3 Å². The van der Waals surface area contributed by atoms with Crippen LogP contribution in [0.15, 0.2) is 53.3 Å². The lowest BCUT2D eigenvalue weighted by Gasteiger charge is -2.31. The van der Waals surface area contributed by atoms with Crippen molar-refractivity contribution >= 4 is 10.9 Å². The minimum atomic E-state index is -0.103. The molecular weight excluding hydrogens is 480 g/mol. The highest BCUT2D eigenvalue weighted by Crippen LogP contribution is 2.31. The van der Waals surface area contributed by atoms with Crippen molar-refractivity contribution in [2.24, 2.45) is 0 Å². The predicted molar refractivity (Wildman–Crippen MR) is 146 cm³/mol. The second-order valence-electron chi connectivity index (χ2n) is 10.0. The molecule has 0 radical (unpaired) electrons. The number of fused-ring (bicyclic) bond motifs is 1. The third-order valence-corrected chi connectivity index (χ3v) is 7.37. The summed E-state index contributed by atoms with van der Waals surface area (Å²) in [7, 11) is 1.69. The van der Waals surface area contributed by atoms with E-state index in [4.69, 9.17) is 9.47 Å². The lowest BCUT2D eigenvalue weighted by molar-refractivity contribution is 0.0884. The van der Waals surface area contributed by atoms with E-state index in [2.05, 4.69) is 38.4 Å². The second kappa shape index (κ2) is 11.9. The fourth-order valence-electron chi connectivity index (χ4n) is 5.40. The molecule has 200 valence electrons. The number of ether oxygens (including phenoxy) is 2. The van der Waals surface area contributed by atoms with Crippen molar-refractivity contribution in [1.82, 2.24) is 30.1 Å². The van der Waals surface area contributed by atoms with Crippen LogP contribution in [-0.4, -0.2) is 49.9 Å². The number of H-pyrrole nitrogens is 1. The van der Waals surface area contributed by atoms with E-state index in [1.165, 1.54) is 0 Å². The molecule has 2 aromatic carbocycles. The van der Waals surface area contributed by atoms with Gasteiger partial charge in [0.1, 0.15) is 5.75 Å². The molecule has 1 saturated heterocycles. The van der Waals surface area contributed by atoms with Crippen LogP contribution < -0.4 is 10.3 Å². The number of hydrogen-bond acceptors (Lipinski definition) is 7. The van der Waals surface area contributed by atoms with Crippen molar-refractivity contribution < 1.29 is 9.47 Å². The van der Waals surface area contributed by atoms with Crippen LogP contribution in [0.1, 0.15) is 61.2 Å². The van der Waals surface area contributed by atoms with Crippen LogP contribution in [0.2, 0.25) is 0 Å². The summed E-state index contributed by atoms with van der Waals surface area (Å²) < 4.78 is 13.4.